The van der Waals surface area contributed by atoms with Crippen LogP contribution < -0.4 is 5.32 Å². The van der Waals surface area contributed by atoms with E-state index in [1.165, 1.54) is 11.1 Å². The minimum absolute atomic E-state index is 0.0752. The van der Waals surface area contributed by atoms with Crippen molar-refractivity contribution in [3.05, 3.63) is 47.5 Å². The van der Waals surface area contributed by atoms with Crippen LogP contribution in [-0.4, -0.2) is 40.9 Å². The van der Waals surface area contributed by atoms with Crippen LogP contribution in [-0.2, 0) is 35.3 Å². The number of fused-ring (bicyclic) bond motifs is 1. The number of hydrogen-bond acceptors (Lipinski definition) is 4. The van der Waals surface area contributed by atoms with Crippen LogP contribution in [0.5, 0.6) is 0 Å². The zero-order chi connectivity index (χ0) is 16.8. The van der Waals surface area contributed by atoms with Gasteiger partial charge in [0.25, 0.3) is 0 Å². The Hall–Kier alpha value is -2.21. The molecule has 0 spiro atoms. The van der Waals surface area contributed by atoms with Crippen molar-refractivity contribution in [1.82, 2.24) is 20.1 Å². The first-order valence-corrected chi connectivity index (χ1v) is 8.48. The number of hydrogen-bond donors (Lipinski definition) is 1. The smallest absolute Gasteiger partial charge is 0.223 e. The minimum Gasteiger partial charge on any atom is -0.383 e. The highest BCUT2D eigenvalue weighted by atomic mass is 16.5. The van der Waals surface area contributed by atoms with Crippen LogP contribution in [0.25, 0.3) is 0 Å². The second kappa shape index (κ2) is 8.06. The van der Waals surface area contributed by atoms with Gasteiger partial charge in [-0.25, -0.2) is 0 Å². The Morgan fingerprint density at radius 1 is 1.38 bits per heavy atom. The number of carbonyl (C=O) groups is 1. The Labute approximate surface area is 142 Å². The van der Waals surface area contributed by atoms with Crippen molar-refractivity contribution >= 4 is 5.91 Å². The van der Waals surface area contributed by atoms with Gasteiger partial charge in [0.15, 0.2) is 0 Å². The fourth-order valence-electron chi connectivity index (χ4n) is 3.21. The summed E-state index contributed by atoms with van der Waals surface area (Å²) >= 11 is 0. The van der Waals surface area contributed by atoms with Crippen molar-refractivity contribution < 1.29 is 9.53 Å². The van der Waals surface area contributed by atoms with E-state index in [2.05, 4.69) is 33.7 Å². The molecule has 0 bridgehead atoms. The zero-order valence-corrected chi connectivity index (χ0v) is 14.1. The molecule has 128 valence electrons. The first-order chi connectivity index (χ1) is 11.8. The van der Waals surface area contributed by atoms with Crippen LogP contribution in [0.15, 0.2) is 30.6 Å². The molecule has 1 amide bonds. The van der Waals surface area contributed by atoms with Crippen molar-refractivity contribution in [2.45, 2.75) is 32.2 Å². The van der Waals surface area contributed by atoms with Gasteiger partial charge in [0.05, 0.1) is 6.61 Å². The van der Waals surface area contributed by atoms with E-state index in [1.807, 2.05) is 10.6 Å². The average Bonchev–Trinajstić information content (AvgIpc) is 3.06. The van der Waals surface area contributed by atoms with Gasteiger partial charge in [0.2, 0.25) is 5.91 Å². The molecule has 1 N–H and O–H groups in total. The second-order valence-electron chi connectivity index (χ2n) is 6.18. The summed E-state index contributed by atoms with van der Waals surface area (Å²) in [6.45, 7) is 1.94. The molecule has 1 aromatic carbocycles. The molecule has 0 unspecified atom stereocenters. The number of aromatic nitrogens is 3. The van der Waals surface area contributed by atoms with Crippen LogP contribution in [0, 0.1) is 5.92 Å². The molecule has 0 radical (unpaired) electrons. The molecule has 0 saturated carbocycles. The molecular weight excluding hydrogens is 304 g/mol. The molecule has 2 aromatic rings. The Balaban J connectivity index is 1.47. The summed E-state index contributed by atoms with van der Waals surface area (Å²) in [4.78, 5) is 12.4. The maximum absolute atomic E-state index is 12.4. The molecule has 6 heteroatoms. The third-order valence-corrected chi connectivity index (χ3v) is 4.60. The molecule has 0 aliphatic heterocycles. The van der Waals surface area contributed by atoms with E-state index in [9.17, 15) is 4.79 Å². The summed E-state index contributed by atoms with van der Waals surface area (Å²) < 4.78 is 7.04. The highest BCUT2D eigenvalue weighted by Gasteiger charge is 2.24. The lowest BCUT2D eigenvalue weighted by Crippen LogP contribution is -2.35. The summed E-state index contributed by atoms with van der Waals surface area (Å²) in [7, 11) is 1.67. The molecule has 24 heavy (non-hydrogen) atoms. The van der Waals surface area contributed by atoms with Crippen molar-refractivity contribution in [2.24, 2.45) is 5.92 Å². The number of aryl methyl sites for hydroxylation is 1. The minimum atomic E-state index is 0.0752. The van der Waals surface area contributed by atoms with Gasteiger partial charge in [0, 0.05) is 32.5 Å². The average molecular weight is 328 g/mol. The van der Waals surface area contributed by atoms with Crippen molar-refractivity contribution in [3.8, 4) is 0 Å². The summed E-state index contributed by atoms with van der Waals surface area (Å²) in [5, 5.41) is 11.1. The monoisotopic (exact) mass is 328 g/mol. The van der Waals surface area contributed by atoms with E-state index in [-0.39, 0.29) is 11.8 Å². The van der Waals surface area contributed by atoms with Gasteiger partial charge in [-0.3, -0.25) is 4.79 Å². The van der Waals surface area contributed by atoms with Gasteiger partial charge >= 0.3 is 0 Å². The van der Waals surface area contributed by atoms with Crippen molar-refractivity contribution in [1.29, 1.82) is 0 Å². The SMILES string of the molecule is COCCn1cnnc1CCNC(=O)[C@@H]1CCc2ccccc2C1. The van der Waals surface area contributed by atoms with Crippen molar-refractivity contribution in [2.75, 3.05) is 20.3 Å². The fraction of sp³-hybridized carbons (Fsp3) is 0.500. The van der Waals surface area contributed by atoms with Gasteiger partial charge < -0.3 is 14.6 Å². The topological polar surface area (TPSA) is 69.0 Å². The quantitative estimate of drug-likeness (QED) is 0.834. The van der Waals surface area contributed by atoms with E-state index in [4.69, 9.17) is 4.74 Å². The largest absolute Gasteiger partial charge is 0.383 e. The van der Waals surface area contributed by atoms with Crippen LogP contribution >= 0.6 is 0 Å². The number of rotatable bonds is 7. The highest BCUT2D eigenvalue weighted by Crippen LogP contribution is 2.25. The molecule has 1 aromatic heterocycles. The summed E-state index contributed by atoms with van der Waals surface area (Å²) in [5.41, 5.74) is 2.69. The molecule has 1 aliphatic rings. The number of nitrogens with zero attached hydrogens (tertiary/aromatic N) is 3. The Kier molecular flexibility index (Phi) is 5.59. The Morgan fingerprint density at radius 3 is 3.04 bits per heavy atom. The van der Waals surface area contributed by atoms with Crippen LogP contribution in [0.4, 0.5) is 0 Å². The van der Waals surface area contributed by atoms with Crippen LogP contribution in [0.1, 0.15) is 23.4 Å². The summed E-state index contributed by atoms with van der Waals surface area (Å²) in [6.07, 6.45) is 5.13. The maximum Gasteiger partial charge on any atom is 0.223 e. The predicted molar refractivity (Wildman–Crippen MR) is 90.6 cm³/mol. The van der Waals surface area contributed by atoms with Gasteiger partial charge in [-0.15, -0.1) is 10.2 Å². The molecule has 1 atom stereocenters. The van der Waals surface area contributed by atoms with Crippen LogP contribution in [0.3, 0.4) is 0 Å². The number of amides is 1. The van der Waals surface area contributed by atoms with E-state index in [0.29, 0.717) is 19.6 Å². The lowest BCUT2D eigenvalue weighted by molar-refractivity contribution is -0.125. The lowest BCUT2D eigenvalue weighted by atomic mass is 9.83. The summed E-state index contributed by atoms with van der Waals surface area (Å²) in [6, 6.07) is 8.41. The number of nitrogens with one attached hydrogen (secondary N) is 1. The molecular formula is C18H24N4O2. The number of benzene rings is 1. The first kappa shape index (κ1) is 16.6. The Morgan fingerprint density at radius 2 is 2.21 bits per heavy atom. The third kappa shape index (κ3) is 4.00. The maximum atomic E-state index is 12.4. The fourth-order valence-corrected chi connectivity index (χ4v) is 3.21. The second-order valence-corrected chi connectivity index (χ2v) is 6.18. The van der Waals surface area contributed by atoms with Gasteiger partial charge in [-0.05, 0) is 30.4 Å². The summed E-state index contributed by atoms with van der Waals surface area (Å²) in [5.74, 6) is 1.10. The standard InChI is InChI=1S/C18H24N4O2/c1-24-11-10-22-13-20-21-17(22)8-9-19-18(23)16-7-6-14-4-2-3-5-15(14)12-16/h2-5,13,16H,6-12H2,1H3,(H,19,23)/t16-/m1/s1. The van der Waals surface area contributed by atoms with E-state index >= 15 is 0 Å². The highest BCUT2D eigenvalue weighted by molar-refractivity contribution is 5.79. The van der Waals surface area contributed by atoms with E-state index < -0.39 is 0 Å². The molecule has 3 rings (SSSR count). The molecule has 1 heterocycles. The van der Waals surface area contributed by atoms with E-state index in [1.54, 1.807) is 13.4 Å². The van der Waals surface area contributed by atoms with Gasteiger partial charge in [-0.1, -0.05) is 24.3 Å². The Bertz CT molecular complexity index is 683. The third-order valence-electron chi connectivity index (χ3n) is 4.60. The predicted octanol–water partition coefficient (Wildman–Crippen LogP) is 1.39. The molecule has 1 aliphatic carbocycles. The number of methoxy groups -OCH3 is 1. The molecule has 0 fully saturated rings. The van der Waals surface area contributed by atoms with E-state index in [0.717, 1.165) is 31.6 Å². The van der Waals surface area contributed by atoms with Gasteiger partial charge in [0.1, 0.15) is 12.2 Å². The zero-order valence-electron chi connectivity index (χ0n) is 14.1. The van der Waals surface area contributed by atoms with Crippen LogP contribution in [0.2, 0.25) is 0 Å². The first-order valence-electron chi connectivity index (χ1n) is 8.48. The van der Waals surface area contributed by atoms with Gasteiger partial charge in [-0.2, -0.15) is 0 Å². The number of ether oxygens (including phenoxy) is 1. The number of carbonyl (C=O) groups excluding carboxylic acids is 1. The van der Waals surface area contributed by atoms with Crippen molar-refractivity contribution in [3.63, 3.8) is 0 Å². The molecule has 6 nitrogen and oxygen atoms in total. The normalized spacial score (nSPS) is 16.6. The lowest BCUT2D eigenvalue weighted by Gasteiger charge is -2.23. The molecule has 0 saturated heterocycles.